The number of nitrogens with zero attached hydrogens (tertiary/aromatic N) is 3. The molecule has 0 fully saturated rings. The normalized spacial score (nSPS) is 15.4. The van der Waals surface area contributed by atoms with Gasteiger partial charge in [0.25, 0.3) is 5.91 Å². The van der Waals surface area contributed by atoms with Crippen LogP contribution in [0.5, 0.6) is 11.5 Å². The molecule has 0 saturated heterocycles. The highest BCUT2D eigenvalue weighted by atomic mass is 16.5. The molecule has 1 amide bonds. The third kappa shape index (κ3) is 2.26. The minimum atomic E-state index is -0.716. The maximum atomic E-state index is 13.3. The number of carbonyl (C=O) groups excluding carboxylic acids is 1. The Morgan fingerprint density at radius 3 is 1.83 bits per heavy atom. The van der Waals surface area contributed by atoms with Crippen molar-refractivity contribution in [2.45, 2.75) is 5.54 Å². The van der Waals surface area contributed by atoms with Crippen LogP contribution in [-0.2, 0) is 5.54 Å². The molecule has 152 valence electrons. The number of rotatable bonds is 2. The van der Waals surface area contributed by atoms with Crippen LogP contribution in [0.4, 0.5) is 11.4 Å². The maximum absolute atomic E-state index is 13.3. The molecule has 0 atom stereocenters. The van der Waals surface area contributed by atoms with Crippen molar-refractivity contribution in [1.29, 1.82) is 0 Å². The molecule has 0 saturated carbocycles. The van der Waals surface area contributed by atoms with E-state index in [2.05, 4.69) is 52.3 Å². The Morgan fingerprint density at radius 1 is 0.767 bits per heavy atom. The Labute approximate surface area is 177 Å². The summed E-state index contributed by atoms with van der Waals surface area (Å²) < 4.78 is 6.45. The smallest absolute Gasteiger partial charge is 0.255 e. The molecule has 5 rings (SSSR count). The number of hydrogen-bond acceptors (Lipinski definition) is 4. The van der Waals surface area contributed by atoms with E-state index in [1.165, 1.54) is 0 Å². The molecule has 0 N–H and O–H groups in total. The molecule has 3 aromatic rings. The summed E-state index contributed by atoms with van der Waals surface area (Å²) >= 11 is 0. The molecule has 0 bridgehead atoms. The summed E-state index contributed by atoms with van der Waals surface area (Å²) in [6.45, 7) is 0. The zero-order chi connectivity index (χ0) is 21.2. The van der Waals surface area contributed by atoms with Gasteiger partial charge < -0.3 is 19.4 Å². The van der Waals surface area contributed by atoms with Crippen LogP contribution in [0.2, 0.25) is 0 Å². The van der Waals surface area contributed by atoms with Gasteiger partial charge in [0.05, 0.1) is 0 Å². The fraction of sp³-hybridized carbons (Fsp3) is 0.240. The molecule has 0 aromatic heterocycles. The van der Waals surface area contributed by atoms with Crippen molar-refractivity contribution in [3.8, 4) is 11.5 Å². The summed E-state index contributed by atoms with van der Waals surface area (Å²) in [6.07, 6.45) is 0. The Hall–Kier alpha value is -3.47. The predicted octanol–water partition coefficient (Wildman–Crippen LogP) is 4.30. The standard InChI is InChI=1S/C25H25N3O2/c1-26(2)16-10-12-20-22(14-16)30-23-15-17(27(3)4)11-13-21(23)25(20)19-9-7-6-8-18(19)24(29)28(25)5/h6-15H,1-5H3. The maximum Gasteiger partial charge on any atom is 0.255 e. The van der Waals surface area contributed by atoms with Crippen LogP contribution >= 0.6 is 0 Å². The second kappa shape index (κ2) is 6.26. The summed E-state index contributed by atoms with van der Waals surface area (Å²) in [5.74, 6) is 1.58. The molecule has 5 nitrogen and oxygen atoms in total. The van der Waals surface area contributed by atoms with Crippen molar-refractivity contribution in [2.75, 3.05) is 45.0 Å². The zero-order valence-electron chi connectivity index (χ0n) is 17.9. The summed E-state index contributed by atoms with van der Waals surface area (Å²) in [5, 5.41) is 0. The molecule has 0 radical (unpaired) electrons. The quantitative estimate of drug-likeness (QED) is 0.644. The number of carbonyl (C=O) groups is 1. The van der Waals surface area contributed by atoms with E-state index in [1.54, 1.807) is 0 Å². The highest BCUT2D eigenvalue weighted by Crippen LogP contribution is 2.57. The summed E-state index contributed by atoms with van der Waals surface area (Å²) in [4.78, 5) is 19.3. The first-order chi connectivity index (χ1) is 14.4. The van der Waals surface area contributed by atoms with Gasteiger partial charge in [0, 0.05) is 75.4 Å². The van der Waals surface area contributed by atoms with E-state index in [-0.39, 0.29) is 5.91 Å². The topological polar surface area (TPSA) is 36.0 Å². The van der Waals surface area contributed by atoms with Crippen LogP contribution in [0.3, 0.4) is 0 Å². The monoisotopic (exact) mass is 399 g/mol. The number of amides is 1. The Kier molecular flexibility index (Phi) is 3.87. The second-order valence-electron chi connectivity index (χ2n) is 8.37. The van der Waals surface area contributed by atoms with E-state index in [9.17, 15) is 4.79 Å². The van der Waals surface area contributed by atoms with Crippen molar-refractivity contribution in [3.63, 3.8) is 0 Å². The average molecular weight is 399 g/mol. The minimum Gasteiger partial charge on any atom is -0.456 e. The number of hydrogen-bond donors (Lipinski definition) is 0. The lowest BCUT2D eigenvalue weighted by Gasteiger charge is -2.43. The first-order valence-corrected chi connectivity index (χ1v) is 10.0. The number of benzene rings is 3. The molecule has 5 heteroatoms. The van der Waals surface area contributed by atoms with Gasteiger partial charge in [0.2, 0.25) is 0 Å². The van der Waals surface area contributed by atoms with E-state index >= 15 is 0 Å². The van der Waals surface area contributed by atoms with Crippen LogP contribution in [0.15, 0.2) is 60.7 Å². The van der Waals surface area contributed by atoms with E-state index in [0.29, 0.717) is 0 Å². The lowest BCUT2D eigenvalue weighted by Crippen LogP contribution is -2.45. The van der Waals surface area contributed by atoms with Crippen LogP contribution in [0.1, 0.15) is 27.0 Å². The predicted molar refractivity (Wildman–Crippen MR) is 120 cm³/mol. The SMILES string of the molecule is CN(C)c1ccc2c(c1)Oc1cc(N(C)C)ccc1C21c2ccccc2C(=O)N1C. The first-order valence-electron chi connectivity index (χ1n) is 10.0. The Morgan fingerprint density at radius 2 is 1.30 bits per heavy atom. The van der Waals surface area contributed by atoms with Crippen molar-refractivity contribution in [2.24, 2.45) is 0 Å². The van der Waals surface area contributed by atoms with Gasteiger partial charge in [-0.15, -0.1) is 0 Å². The Bertz CT molecular complexity index is 1130. The highest BCUT2D eigenvalue weighted by molar-refractivity contribution is 6.02. The van der Waals surface area contributed by atoms with E-state index < -0.39 is 5.54 Å². The van der Waals surface area contributed by atoms with Crippen molar-refractivity contribution < 1.29 is 9.53 Å². The lowest BCUT2D eigenvalue weighted by atomic mass is 9.75. The molecule has 30 heavy (non-hydrogen) atoms. The van der Waals surface area contributed by atoms with Crippen LogP contribution in [0, 0.1) is 0 Å². The van der Waals surface area contributed by atoms with Gasteiger partial charge in [0.15, 0.2) is 0 Å². The molecule has 0 unspecified atom stereocenters. The molecular formula is C25H25N3O2. The molecule has 1 spiro atoms. The highest BCUT2D eigenvalue weighted by Gasteiger charge is 2.54. The van der Waals surface area contributed by atoms with Gasteiger partial charge in [-0.1, -0.05) is 30.3 Å². The third-order valence-corrected chi connectivity index (χ3v) is 6.32. The number of anilines is 2. The van der Waals surface area contributed by atoms with Crippen molar-refractivity contribution >= 4 is 17.3 Å². The van der Waals surface area contributed by atoms with Gasteiger partial charge in [-0.25, -0.2) is 0 Å². The molecule has 0 aliphatic carbocycles. The molecule has 3 aromatic carbocycles. The molecule has 2 aliphatic rings. The molecule has 2 aliphatic heterocycles. The van der Waals surface area contributed by atoms with Crippen LogP contribution in [-0.4, -0.2) is 46.0 Å². The lowest BCUT2D eigenvalue weighted by molar-refractivity contribution is 0.0727. The summed E-state index contributed by atoms with van der Waals surface area (Å²) in [6, 6.07) is 20.4. The van der Waals surface area contributed by atoms with E-state index in [0.717, 1.165) is 45.1 Å². The van der Waals surface area contributed by atoms with Crippen molar-refractivity contribution in [3.05, 3.63) is 82.9 Å². The number of ether oxygens (including phenoxy) is 1. The fourth-order valence-corrected chi connectivity index (χ4v) is 4.76. The summed E-state index contributed by atoms with van der Waals surface area (Å²) in [7, 11) is 9.94. The molecule has 2 heterocycles. The largest absolute Gasteiger partial charge is 0.456 e. The van der Waals surface area contributed by atoms with Crippen molar-refractivity contribution in [1.82, 2.24) is 4.90 Å². The fourth-order valence-electron chi connectivity index (χ4n) is 4.76. The Balaban J connectivity index is 1.87. The molecular weight excluding hydrogens is 374 g/mol. The van der Waals surface area contributed by atoms with Gasteiger partial charge in [-0.2, -0.15) is 0 Å². The van der Waals surface area contributed by atoms with Crippen LogP contribution < -0.4 is 14.5 Å². The van der Waals surface area contributed by atoms with Crippen LogP contribution in [0.25, 0.3) is 0 Å². The van der Waals surface area contributed by atoms with E-state index in [1.807, 2.05) is 58.3 Å². The third-order valence-electron chi connectivity index (χ3n) is 6.32. The first kappa shape index (κ1) is 18.6. The summed E-state index contributed by atoms with van der Waals surface area (Å²) in [5.41, 5.74) is 5.10. The van der Waals surface area contributed by atoms with Gasteiger partial charge in [-0.3, -0.25) is 4.79 Å². The average Bonchev–Trinajstić information content (AvgIpc) is 2.96. The van der Waals surface area contributed by atoms with Gasteiger partial charge in [-0.05, 0) is 23.8 Å². The van der Waals surface area contributed by atoms with E-state index in [4.69, 9.17) is 4.74 Å². The second-order valence-corrected chi connectivity index (χ2v) is 8.37. The zero-order valence-corrected chi connectivity index (χ0v) is 17.9. The van der Waals surface area contributed by atoms with Gasteiger partial charge >= 0.3 is 0 Å². The minimum absolute atomic E-state index is 0.0257. The number of fused-ring (bicyclic) bond motifs is 6. The van der Waals surface area contributed by atoms with Gasteiger partial charge in [0.1, 0.15) is 17.0 Å².